The molecule has 0 aromatic heterocycles. The molecule has 0 aliphatic heterocycles. The third kappa shape index (κ3) is 7.53. The Morgan fingerprint density at radius 3 is 2.21 bits per heavy atom. The minimum atomic E-state index is -0.209. The summed E-state index contributed by atoms with van der Waals surface area (Å²) < 4.78 is 4.88. The molecule has 19 heavy (non-hydrogen) atoms. The molecule has 1 N–H and O–H groups in total. The van der Waals surface area contributed by atoms with Crippen LogP contribution in [0, 0.1) is 5.92 Å². The highest BCUT2D eigenvalue weighted by molar-refractivity contribution is 5.75. The number of esters is 1. The zero-order chi connectivity index (χ0) is 14.7. The minimum absolute atomic E-state index is 0.156. The molecular formula is C15H32N2O2. The van der Waals surface area contributed by atoms with Crippen molar-refractivity contribution in [3.8, 4) is 0 Å². The van der Waals surface area contributed by atoms with E-state index in [-0.39, 0.29) is 12.0 Å². The standard InChI is InChI=1S/C15H32N2O2/c1-6-10-16-14(15(18)19-5)12-17(9-4)11-13(7-2)8-3/h13-14,16H,6-12H2,1-5H3. The maximum Gasteiger partial charge on any atom is 0.324 e. The Labute approximate surface area is 118 Å². The van der Waals surface area contributed by atoms with Gasteiger partial charge in [0.15, 0.2) is 0 Å². The summed E-state index contributed by atoms with van der Waals surface area (Å²) in [6.45, 7) is 12.3. The predicted molar refractivity (Wildman–Crippen MR) is 80.3 cm³/mol. The molecule has 0 rings (SSSR count). The van der Waals surface area contributed by atoms with Gasteiger partial charge in [0, 0.05) is 13.1 Å². The van der Waals surface area contributed by atoms with Gasteiger partial charge >= 0.3 is 5.97 Å². The molecular weight excluding hydrogens is 240 g/mol. The number of carbonyl (C=O) groups is 1. The summed E-state index contributed by atoms with van der Waals surface area (Å²) in [6, 6.07) is -0.209. The van der Waals surface area contributed by atoms with Crippen LogP contribution >= 0.6 is 0 Å². The lowest BCUT2D eigenvalue weighted by molar-refractivity contribution is -0.143. The monoisotopic (exact) mass is 272 g/mol. The van der Waals surface area contributed by atoms with Crippen LogP contribution in [0.2, 0.25) is 0 Å². The molecule has 0 aromatic rings. The molecule has 0 amide bonds. The number of nitrogens with one attached hydrogen (secondary N) is 1. The maximum atomic E-state index is 11.8. The first-order chi connectivity index (χ1) is 9.12. The molecule has 1 atom stereocenters. The van der Waals surface area contributed by atoms with Crippen molar-refractivity contribution in [2.24, 2.45) is 5.92 Å². The molecule has 0 bridgehead atoms. The molecule has 114 valence electrons. The number of rotatable bonds is 11. The summed E-state index contributed by atoms with van der Waals surface area (Å²) in [5, 5.41) is 3.28. The molecule has 0 spiro atoms. The molecule has 4 heteroatoms. The van der Waals surface area contributed by atoms with Gasteiger partial charge in [-0.15, -0.1) is 0 Å². The van der Waals surface area contributed by atoms with Crippen molar-refractivity contribution in [2.45, 2.75) is 53.0 Å². The zero-order valence-corrected chi connectivity index (χ0v) is 13.4. The van der Waals surface area contributed by atoms with Crippen LogP contribution in [0.15, 0.2) is 0 Å². The lowest BCUT2D eigenvalue weighted by Gasteiger charge is -2.28. The summed E-state index contributed by atoms with van der Waals surface area (Å²) in [4.78, 5) is 14.1. The molecule has 4 nitrogen and oxygen atoms in total. The Bertz CT molecular complexity index is 230. The zero-order valence-electron chi connectivity index (χ0n) is 13.4. The normalized spacial score (nSPS) is 13.0. The number of likely N-dealkylation sites (N-methyl/N-ethyl adjacent to an activating group) is 1. The largest absolute Gasteiger partial charge is 0.468 e. The van der Waals surface area contributed by atoms with Crippen LogP contribution in [0.5, 0.6) is 0 Å². The van der Waals surface area contributed by atoms with Crippen LogP contribution < -0.4 is 5.32 Å². The van der Waals surface area contributed by atoms with Gasteiger partial charge in [0.05, 0.1) is 7.11 Å². The van der Waals surface area contributed by atoms with Crippen molar-refractivity contribution in [2.75, 3.05) is 33.3 Å². The van der Waals surface area contributed by atoms with Crippen LogP contribution in [0.4, 0.5) is 0 Å². The highest BCUT2D eigenvalue weighted by atomic mass is 16.5. The number of nitrogens with zero attached hydrogens (tertiary/aromatic N) is 1. The maximum absolute atomic E-state index is 11.8. The Morgan fingerprint density at radius 2 is 1.79 bits per heavy atom. The second-order valence-electron chi connectivity index (χ2n) is 5.06. The Kier molecular flexibility index (Phi) is 10.9. The van der Waals surface area contributed by atoms with Crippen LogP contribution in [0.1, 0.15) is 47.0 Å². The number of carbonyl (C=O) groups excluding carboxylic acids is 1. The lowest BCUT2D eigenvalue weighted by atomic mass is 10.0. The molecule has 1 unspecified atom stereocenters. The number of hydrogen-bond donors (Lipinski definition) is 1. The molecule has 0 radical (unpaired) electrons. The molecule has 0 aliphatic rings. The minimum Gasteiger partial charge on any atom is -0.468 e. The van der Waals surface area contributed by atoms with Gasteiger partial charge in [0.1, 0.15) is 6.04 Å². The molecule has 0 aromatic carbocycles. The van der Waals surface area contributed by atoms with Gasteiger partial charge in [0.2, 0.25) is 0 Å². The first kappa shape index (κ1) is 18.4. The average Bonchev–Trinajstić information content (AvgIpc) is 2.45. The second kappa shape index (κ2) is 11.2. The molecule has 0 saturated heterocycles. The van der Waals surface area contributed by atoms with Gasteiger partial charge in [-0.3, -0.25) is 4.79 Å². The summed E-state index contributed by atoms with van der Waals surface area (Å²) in [7, 11) is 1.46. The fourth-order valence-corrected chi connectivity index (χ4v) is 2.19. The van der Waals surface area contributed by atoms with Crippen LogP contribution in [-0.4, -0.2) is 50.2 Å². The number of methoxy groups -OCH3 is 1. The summed E-state index contributed by atoms with van der Waals surface area (Å²) in [5.41, 5.74) is 0. The van der Waals surface area contributed by atoms with E-state index in [1.54, 1.807) is 0 Å². The van der Waals surface area contributed by atoms with Crippen LogP contribution in [0.25, 0.3) is 0 Å². The van der Waals surface area contributed by atoms with E-state index in [1.807, 2.05) is 0 Å². The Balaban J connectivity index is 4.44. The van der Waals surface area contributed by atoms with Crippen molar-refractivity contribution in [3.63, 3.8) is 0 Å². The van der Waals surface area contributed by atoms with E-state index in [2.05, 4.69) is 37.9 Å². The molecule has 0 heterocycles. The van der Waals surface area contributed by atoms with Gasteiger partial charge in [-0.2, -0.15) is 0 Å². The fraction of sp³-hybridized carbons (Fsp3) is 0.933. The van der Waals surface area contributed by atoms with Crippen molar-refractivity contribution < 1.29 is 9.53 Å². The van der Waals surface area contributed by atoms with Crippen LogP contribution in [-0.2, 0) is 9.53 Å². The van der Waals surface area contributed by atoms with Gasteiger partial charge in [-0.25, -0.2) is 0 Å². The topological polar surface area (TPSA) is 41.6 Å². The van der Waals surface area contributed by atoms with Crippen molar-refractivity contribution in [1.82, 2.24) is 10.2 Å². The predicted octanol–water partition coefficient (Wildman–Crippen LogP) is 2.29. The van der Waals surface area contributed by atoms with E-state index in [4.69, 9.17) is 4.74 Å². The average molecular weight is 272 g/mol. The smallest absolute Gasteiger partial charge is 0.324 e. The second-order valence-corrected chi connectivity index (χ2v) is 5.06. The summed E-state index contributed by atoms with van der Waals surface area (Å²) in [6.07, 6.45) is 3.41. The number of ether oxygens (including phenoxy) is 1. The van der Waals surface area contributed by atoms with Crippen molar-refractivity contribution in [3.05, 3.63) is 0 Å². The van der Waals surface area contributed by atoms with Crippen molar-refractivity contribution in [1.29, 1.82) is 0 Å². The first-order valence-electron chi connectivity index (χ1n) is 7.66. The van der Waals surface area contributed by atoms with Gasteiger partial charge in [-0.1, -0.05) is 40.5 Å². The van der Waals surface area contributed by atoms with E-state index in [0.29, 0.717) is 5.92 Å². The SMILES string of the molecule is CCCNC(CN(CC)CC(CC)CC)C(=O)OC. The van der Waals surface area contributed by atoms with Gasteiger partial charge in [-0.05, 0) is 25.4 Å². The molecule has 0 aliphatic carbocycles. The number of hydrogen-bond acceptors (Lipinski definition) is 4. The third-order valence-corrected chi connectivity index (χ3v) is 3.69. The molecule has 0 saturated carbocycles. The van der Waals surface area contributed by atoms with E-state index in [0.717, 1.165) is 32.6 Å². The fourth-order valence-electron chi connectivity index (χ4n) is 2.19. The van der Waals surface area contributed by atoms with E-state index in [9.17, 15) is 4.79 Å². The van der Waals surface area contributed by atoms with E-state index >= 15 is 0 Å². The highest BCUT2D eigenvalue weighted by Crippen LogP contribution is 2.10. The lowest BCUT2D eigenvalue weighted by Crippen LogP contribution is -2.48. The van der Waals surface area contributed by atoms with Gasteiger partial charge in [0.25, 0.3) is 0 Å². The quantitative estimate of drug-likeness (QED) is 0.586. The molecule has 0 fully saturated rings. The van der Waals surface area contributed by atoms with E-state index < -0.39 is 0 Å². The summed E-state index contributed by atoms with van der Waals surface area (Å²) in [5.74, 6) is 0.556. The van der Waals surface area contributed by atoms with Crippen molar-refractivity contribution >= 4 is 5.97 Å². The summed E-state index contributed by atoms with van der Waals surface area (Å²) >= 11 is 0. The Hall–Kier alpha value is -0.610. The van der Waals surface area contributed by atoms with Crippen LogP contribution in [0.3, 0.4) is 0 Å². The van der Waals surface area contributed by atoms with Gasteiger partial charge < -0.3 is 15.0 Å². The third-order valence-electron chi connectivity index (χ3n) is 3.69. The Morgan fingerprint density at radius 1 is 1.16 bits per heavy atom. The first-order valence-corrected chi connectivity index (χ1v) is 7.66. The van der Waals surface area contributed by atoms with E-state index in [1.165, 1.54) is 20.0 Å². The highest BCUT2D eigenvalue weighted by Gasteiger charge is 2.22.